The predicted octanol–water partition coefficient (Wildman–Crippen LogP) is 5.40. The molecular formula is C39H52N4O4. The highest BCUT2D eigenvalue weighted by molar-refractivity contribution is 5.91. The van der Waals surface area contributed by atoms with Crippen molar-refractivity contribution in [3.63, 3.8) is 0 Å². The van der Waals surface area contributed by atoms with Gasteiger partial charge in [-0.1, -0.05) is 99.6 Å². The van der Waals surface area contributed by atoms with E-state index >= 15 is 0 Å². The molecule has 252 valence electrons. The smallest absolute Gasteiger partial charge is 0.249 e. The van der Waals surface area contributed by atoms with Gasteiger partial charge in [0.1, 0.15) is 6.10 Å². The van der Waals surface area contributed by atoms with Crippen molar-refractivity contribution in [2.75, 3.05) is 37.6 Å². The molecule has 1 unspecified atom stereocenters. The van der Waals surface area contributed by atoms with Gasteiger partial charge < -0.3 is 20.3 Å². The number of nitrogens with one attached hydrogen (secondary N) is 2. The second-order valence-electron chi connectivity index (χ2n) is 13.2. The van der Waals surface area contributed by atoms with Gasteiger partial charge in [0.2, 0.25) is 12.3 Å². The normalized spacial score (nSPS) is 15.3. The van der Waals surface area contributed by atoms with E-state index in [1.54, 1.807) is 0 Å². The molecule has 0 aromatic heterocycles. The summed E-state index contributed by atoms with van der Waals surface area (Å²) in [5.41, 5.74) is 4.77. The van der Waals surface area contributed by atoms with Crippen molar-refractivity contribution in [2.24, 2.45) is 11.8 Å². The SMILES string of the molecule is CC(C)C[C@H](NC(=O)[C@H](CC(C)CNC=O)OCc1ccccc1)C(=O)CN1CCN(CCCc2ccccc2)c2ccccc2C1. The van der Waals surface area contributed by atoms with Crippen LogP contribution in [0.5, 0.6) is 0 Å². The lowest BCUT2D eigenvalue weighted by molar-refractivity contribution is -0.138. The number of anilines is 1. The third-order valence-electron chi connectivity index (χ3n) is 8.69. The van der Waals surface area contributed by atoms with Gasteiger partial charge in [0, 0.05) is 38.4 Å². The number of fused-ring (bicyclic) bond motifs is 1. The average molecular weight is 641 g/mol. The van der Waals surface area contributed by atoms with Crippen LogP contribution < -0.4 is 15.5 Å². The maximum Gasteiger partial charge on any atom is 0.249 e. The summed E-state index contributed by atoms with van der Waals surface area (Å²) in [6, 6.07) is 28.2. The Bertz CT molecular complexity index is 1380. The molecule has 3 aromatic rings. The minimum absolute atomic E-state index is 0.0128. The largest absolute Gasteiger partial charge is 0.370 e. The highest BCUT2D eigenvalue weighted by Gasteiger charge is 2.30. The highest BCUT2D eigenvalue weighted by Crippen LogP contribution is 2.26. The third kappa shape index (κ3) is 11.9. The maximum atomic E-state index is 13.9. The van der Waals surface area contributed by atoms with Gasteiger partial charge >= 0.3 is 0 Å². The molecule has 3 aromatic carbocycles. The number of ketones is 1. The average Bonchev–Trinajstić information content (AvgIpc) is 3.24. The van der Waals surface area contributed by atoms with Crippen molar-refractivity contribution < 1.29 is 19.1 Å². The van der Waals surface area contributed by atoms with Crippen LogP contribution in [0.4, 0.5) is 5.69 Å². The van der Waals surface area contributed by atoms with Gasteiger partial charge in [0.15, 0.2) is 5.78 Å². The van der Waals surface area contributed by atoms with Crippen molar-refractivity contribution in [1.82, 2.24) is 15.5 Å². The van der Waals surface area contributed by atoms with Crippen molar-refractivity contribution in [3.8, 4) is 0 Å². The number of carbonyl (C=O) groups excluding carboxylic acids is 3. The summed E-state index contributed by atoms with van der Waals surface area (Å²) in [6.07, 6.45) is 2.96. The number of benzene rings is 3. The van der Waals surface area contributed by atoms with E-state index in [1.807, 2.05) is 37.3 Å². The summed E-state index contributed by atoms with van der Waals surface area (Å²) in [7, 11) is 0. The quantitative estimate of drug-likeness (QED) is 0.171. The molecule has 8 nitrogen and oxygen atoms in total. The minimum atomic E-state index is -0.754. The Morgan fingerprint density at radius 3 is 2.26 bits per heavy atom. The number of hydrogen-bond donors (Lipinski definition) is 2. The Morgan fingerprint density at radius 1 is 0.872 bits per heavy atom. The van der Waals surface area contributed by atoms with E-state index < -0.39 is 12.1 Å². The summed E-state index contributed by atoms with van der Waals surface area (Å²) in [5.74, 6) is -0.0457. The number of amides is 2. The number of nitrogens with zero attached hydrogens (tertiary/aromatic N) is 2. The van der Waals surface area contributed by atoms with E-state index in [2.05, 4.69) is 88.9 Å². The van der Waals surface area contributed by atoms with Gasteiger partial charge in [-0.15, -0.1) is 0 Å². The number of para-hydroxylation sites is 1. The van der Waals surface area contributed by atoms with E-state index in [-0.39, 0.29) is 36.7 Å². The molecule has 0 aliphatic carbocycles. The van der Waals surface area contributed by atoms with Crippen molar-refractivity contribution in [3.05, 3.63) is 102 Å². The van der Waals surface area contributed by atoms with Crippen molar-refractivity contribution in [2.45, 2.75) is 71.8 Å². The molecule has 2 amide bonds. The summed E-state index contributed by atoms with van der Waals surface area (Å²) in [5, 5.41) is 5.78. The fraction of sp³-hybridized carbons (Fsp3) is 0.462. The van der Waals surface area contributed by atoms with Gasteiger partial charge in [-0.25, -0.2) is 0 Å². The van der Waals surface area contributed by atoms with Gasteiger partial charge in [-0.2, -0.15) is 0 Å². The van der Waals surface area contributed by atoms with Gasteiger partial charge in [-0.3, -0.25) is 19.3 Å². The van der Waals surface area contributed by atoms with E-state index in [0.29, 0.717) is 32.3 Å². The van der Waals surface area contributed by atoms with E-state index in [9.17, 15) is 14.4 Å². The lowest BCUT2D eigenvalue weighted by Gasteiger charge is -2.27. The Kier molecular flexibility index (Phi) is 14.5. The second kappa shape index (κ2) is 19.0. The van der Waals surface area contributed by atoms with Crippen LogP contribution in [0.1, 0.15) is 56.7 Å². The Balaban J connectivity index is 1.40. The van der Waals surface area contributed by atoms with Crippen LogP contribution in [0.2, 0.25) is 0 Å². The highest BCUT2D eigenvalue weighted by atomic mass is 16.5. The summed E-state index contributed by atoms with van der Waals surface area (Å²) in [6.45, 7) is 10.3. The molecule has 4 rings (SSSR count). The molecule has 1 aliphatic heterocycles. The zero-order valence-electron chi connectivity index (χ0n) is 28.3. The molecule has 2 N–H and O–H groups in total. The molecule has 0 bridgehead atoms. The molecule has 0 saturated heterocycles. The minimum Gasteiger partial charge on any atom is -0.370 e. The van der Waals surface area contributed by atoms with Crippen LogP contribution >= 0.6 is 0 Å². The van der Waals surface area contributed by atoms with Gasteiger partial charge in [0.05, 0.1) is 19.2 Å². The van der Waals surface area contributed by atoms with E-state index in [1.165, 1.54) is 16.8 Å². The fourth-order valence-corrected chi connectivity index (χ4v) is 6.20. The molecule has 47 heavy (non-hydrogen) atoms. The van der Waals surface area contributed by atoms with E-state index in [4.69, 9.17) is 4.74 Å². The van der Waals surface area contributed by atoms with Crippen molar-refractivity contribution in [1.29, 1.82) is 0 Å². The molecule has 0 radical (unpaired) electrons. The standard InChI is InChI=1S/C39H52N4O4/c1-30(2)23-35(41-39(46)38(24-31(3)25-40-29-44)47-28-33-15-8-5-9-16-33)37(45)27-42-21-22-43(36-19-11-10-18-34(36)26-42)20-12-17-32-13-6-4-7-14-32/h4-11,13-16,18-19,29-31,35,38H,12,17,20-28H2,1-3H3,(H,40,44)(H,41,46)/t31?,35-,38-/m0/s1. The van der Waals surface area contributed by atoms with Crippen LogP contribution in [0.25, 0.3) is 0 Å². The number of Topliss-reactive ketones (excluding diaryl/α,β-unsaturated/α-hetero) is 1. The predicted molar refractivity (Wildman–Crippen MR) is 188 cm³/mol. The number of rotatable bonds is 19. The zero-order chi connectivity index (χ0) is 33.4. The first kappa shape index (κ1) is 35.8. The molecule has 1 heterocycles. The molecule has 1 aliphatic rings. The van der Waals surface area contributed by atoms with Gasteiger partial charge in [0.25, 0.3) is 0 Å². The molecular weight excluding hydrogens is 588 g/mol. The molecule has 0 spiro atoms. The summed E-state index contributed by atoms with van der Waals surface area (Å²) < 4.78 is 6.15. The maximum absolute atomic E-state index is 13.9. The third-order valence-corrected chi connectivity index (χ3v) is 8.69. The van der Waals surface area contributed by atoms with Crippen molar-refractivity contribution >= 4 is 23.8 Å². The van der Waals surface area contributed by atoms with Crippen LogP contribution in [-0.2, 0) is 38.7 Å². The van der Waals surface area contributed by atoms with Crippen LogP contribution in [0.15, 0.2) is 84.9 Å². The zero-order valence-corrected chi connectivity index (χ0v) is 28.3. The Labute approximate surface area is 280 Å². The number of hydrogen-bond acceptors (Lipinski definition) is 6. The first-order valence-electron chi connectivity index (χ1n) is 17.1. The second-order valence-corrected chi connectivity index (χ2v) is 13.2. The molecule has 0 saturated carbocycles. The van der Waals surface area contributed by atoms with Gasteiger partial charge in [-0.05, 0) is 60.3 Å². The Hall–Kier alpha value is -4.01. The number of ether oxygens (including phenoxy) is 1. The Morgan fingerprint density at radius 2 is 1.55 bits per heavy atom. The van der Waals surface area contributed by atoms with E-state index in [0.717, 1.165) is 38.0 Å². The first-order valence-corrected chi connectivity index (χ1v) is 17.1. The van der Waals surface area contributed by atoms with Crippen LogP contribution in [-0.4, -0.2) is 67.9 Å². The first-order chi connectivity index (χ1) is 22.8. The lowest BCUT2D eigenvalue weighted by atomic mass is 9.98. The van der Waals surface area contributed by atoms with Crippen LogP contribution in [0.3, 0.4) is 0 Å². The monoisotopic (exact) mass is 640 g/mol. The topological polar surface area (TPSA) is 91.0 Å². The molecule has 8 heteroatoms. The summed E-state index contributed by atoms with van der Waals surface area (Å²) in [4.78, 5) is 43.2. The summed E-state index contributed by atoms with van der Waals surface area (Å²) >= 11 is 0. The molecule has 3 atom stereocenters. The molecule has 0 fully saturated rings. The van der Waals surface area contributed by atoms with Crippen LogP contribution in [0, 0.1) is 11.8 Å². The fourth-order valence-electron chi connectivity index (χ4n) is 6.20. The lowest BCUT2D eigenvalue weighted by Crippen LogP contribution is -2.50. The number of carbonyl (C=O) groups is 3. The number of aryl methyl sites for hydroxylation is 1.